The van der Waals surface area contributed by atoms with Gasteiger partial charge in [0.15, 0.2) is 5.69 Å². The van der Waals surface area contributed by atoms with Gasteiger partial charge in [-0.3, -0.25) is 0 Å². The van der Waals surface area contributed by atoms with Crippen LogP contribution in [0.25, 0.3) is 0 Å². The zero-order valence-corrected chi connectivity index (χ0v) is 10.2. The number of para-hydroxylation sites is 1. The molecule has 0 saturated heterocycles. The average Bonchev–Trinajstić information content (AvgIpc) is 2.43. The van der Waals surface area contributed by atoms with Crippen molar-refractivity contribution < 1.29 is 9.84 Å². The molecule has 0 bridgehead atoms. The van der Waals surface area contributed by atoms with Crippen LogP contribution in [-0.4, -0.2) is 16.7 Å². The second-order valence-electron chi connectivity index (χ2n) is 3.88. The second kappa shape index (κ2) is 5.85. The highest BCUT2D eigenvalue weighted by molar-refractivity contribution is 5.51. The topological polar surface area (TPSA) is 92.2 Å². The lowest BCUT2D eigenvalue weighted by molar-refractivity contribution is 0.297. The van der Waals surface area contributed by atoms with Crippen LogP contribution in [0.1, 0.15) is 11.3 Å². The van der Waals surface area contributed by atoms with Crippen LogP contribution in [0, 0.1) is 11.3 Å². The molecule has 3 N–H and O–H groups in total. The third-order valence-corrected chi connectivity index (χ3v) is 2.58. The molecule has 1 aromatic heterocycles. The molecule has 1 aromatic carbocycles. The maximum absolute atomic E-state index is 9.00. The number of nitrogens with zero attached hydrogens (tertiary/aromatic N) is 2. The van der Waals surface area contributed by atoms with Gasteiger partial charge in [0, 0.05) is 12.7 Å². The summed E-state index contributed by atoms with van der Waals surface area (Å²) in [5.74, 6) is 0.911. The van der Waals surface area contributed by atoms with E-state index in [4.69, 9.17) is 20.8 Å². The number of benzene rings is 1. The Morgan fingerprint density at radius 1 is 1.26 bits per heavy atom. The third kappa shape index (κ3) is 3.00. The van der Waals surface area contributed by atoms with Gasteiger partial charge in [-0.2, -0.15) is 5.26 Å². The summed E-state index contributed by atoms with van der Waals surface area (Å²) in [4.78, 5) is 4.02. The highest BCUT2D eigenvalue weighted by atomic mass is 16.5. The lowest BCUT2D eigenvalue weighted by Crippen LogP contribution is -1.98. The van der Waals surface area contributed by atoms with Crippen LogP contribution in [0.15, 0.2) is 36.4 Å². The number of rotatable bonds is 4. The van der Waals surface area contributed by atoms with E-state index in [1.807, 2.05) is 24.3 Å². The molecular weight excluding hydrogens is 242 g/mol. The van der Waals surface area contributed by atoms with Gasteiger partial charge in [0.25, 0.3) is 0 Å². The van der Waals surface area contributed by atoms with Crippen molar-refractivity contribution in [1.29, 1.82) is 5.26 Å². The number of ether oxygens (including phenoxy) is 1. The number of pyridine rings is 1. The molecule has 5 nitrogen and oxygen atoms in total. The van der Waals surface area contributed by atoms with Crippen LogP contribution < -0.4 is 10.5 Å². The highest BCUT2D eigenvalue weighted by Gasteiger charge is 2.07. The number of nitriles is 1. The second-order valence-corrected chi connectivity index (χ2v) is 3.88. The van der Waals surface area contributed by atoms with Gasteiger partial charge in [0.1, 0.15) is 11.8 Å². The summed E-state index contributed by atoms with van der Waals surface area (Å²) in [6.45, 7) is 0.0407. The molecule has 0 aliphatic heterocycles. The fourth-order valence-corrected chi connectivity index (χ4v) is 1.64. The van der Waals surface area contributed by atoms with Crippen molar-refractivity contribution in [2.75, 3.05) is 12.3 Å². The Morgan fingerprint density at radius 2 is 2.05 bits per heavy atom. The first-order valence-corrected chi connectivity index (χ1v) is 5.78. The summed E-state index contributed by atoms with van der Waals surface area (Å²) in [7, 11) is 0. The summed E-state index contributed by atoms with van der Waals surface area (Å²) in [6, 6.07) is 12.4. The van der Waals surface area contributed by atoms with Crippen molar-refractivity contribution in [3.8, 4) is 17.7 Å². The van der Waals surface area contributed by atoms with Gasteiger partial charge in [-0.05, 0) is 24.1 Å². The van der Waals surface area contributed by atoms with Gasteiger partial charge in [-0.15, -0.1) is 0 Å². The smallest absolute Gasteiger partial charge is 0.220 e. The Labute approximate surface area is 110 Å². The molecule has 0 fully saturated rings. The Kier molecular flexibility index (Phi) is 3.96. The lowest BCUT2D eigenvalue weighted by atomic mass is 10.1. The van der Waals surface area contributed by atoms with Crippen LogP contribution in [0.5, 0.6) is 11.6 Å². The molecule has 0 unspecified atom stereocenters. The number of anilines is 1. The van der Waals surface area contributed by atoms with Crippen LogP contribution >= 0.6 is 0 Å². The summed E-state index contributed by atoms with van der Waals surface area (Å²) in [5, 5.41) is 17.9. The molecule has 0 aliphatic rings. The first-order chi connectivity index (χ1) is 9.24. The molecule has 0 aliphatic carbocycles. The monoisotopic (exact) mass is 255 g/mol. The number of aliphatic hydroxyl groups is 1. The molecule has 0 spiro atoms. The van der Waals surface area contributed by atoms with E-state index in [1.165, 1.54) is 0 Å². The number of aliphatic hydroxyl groups excluding tert-OH is 1. The van der Waals surface area contributed by atoms with E-state index in [1.54, 1.807) is 18.2 Å². The van der Waals surface area contributed by atoms with Crippen LogP contribution in [-0.2, 0) is 6.42 Å². The van der Waals surface area contributed by atoms with E-state index >= 15 is 0 Å². The molecule has 0 radical (unpaired) electrons. The Bertz CT molecular complexity index is 620. The van der Waals surface area contributed by atoms with Gasteiger partial charge in [-0.1, -0.05) is 18.2 Å². The summed E-state index contributed by atoms with van der Waals surface area (Å²) >= 11 is 0. The van der Waals surface area contributed by atoms with Crippen molar-refractivity contribution in [1.82, 2.24) is 4.98 Å². The minimum atomic E-state index is 0.0407. The molecular formula is C14H13N3O2. The Hall–Kier alpha value is -2.58. The molecule has 0 amide bonds. The normalized spacial score (nSPS) is 9.89. The van der Waals surface area contributed by atoms with Crippen molar-refractivity contribution in [2.24, 2.45) is 0 Å². The minimum Gasteiger partial charge on any atom is -0.439 e. The van der Waals surface area contributed by atoms with E-state index in [-0.39, 0.29) is 12.3 Å². The number of nitrogen functional groups attached to an aromatic ring is 1. The van der Waals surface area contributed by atoms with Crippen molar-refractivity contribution in [2.45, 2.75) is 6.42 Å². The number of aromatic nitrogens is 1. The molecule has 96 valence electrons. The van der Waals surface area contributed by atoms with Crippen molar-refractivity contribution in [3.63, 3.8) is 0 Å². The molecule has 1 heterocycles. The SMILES string of the molecule is N#Cc1nc(Oc2ccccc2CCO)ccc1N. The van der Waals surface area contributed by atoms with Gasteiger partial charge in [-0.25, -0.2) is 4.98 Å². The molecule has 19 heavy (non-hydrogen) atoms. The molecule has 5 heteroatoms. The van der Waals surface area contributed by atoms with E-state index in [0.29, 0.717) is 23.7 Å². The zero-order valence-electron chi connectivity index (χ0n) is 10.2. The predicted molar refractivity (Wildman–Crippen MR) is 70.7 cm³/mol. The maximum Gasteiger partial charge on any atom is 0.220 e. The first kappa shape index (κ1) is 12.9. The van der Waals surface area contributed by atoms with E-state index < -0.39 is 0 Å². The predicted octanol–water partition coefficient (Wildman–Crippen LogP) is 1.86. The average molecular weight is 255 g/mol. The van der Waals surface area contributed by atoms with E-state index in [0.717, 1.165) is 5.56 Å². The Morgan fingerprint density at radius 3 is 2.79 bits per heavy atom. The fraction of sp³-hybridized carbons (Fsp3) is 0.143. The van der Waals surface area contributed by atoms with Crippen LogP contribution in [0.4, 0.5) is 5.69 Å². The fourth-order valence-electron chi connectivity index (χ4n) is 1.64. The van der Waals surface area contributed by atoms with Crippen molar-refractivity contribution in [3.05, 3.63) is 47.7 Å². The quantitative estimate of drug-likeness (QED) is 0.869. The van der Waals surface area contributed by atoms with E-state index in [9.17, 15) is 0 Å². The molecule has 2 aromatic rings. The largest absolute Gasteiger partial charge is 0.439 e. The third-order valence-electron chi connectivity index (χ3n) is 2.58. The lowest BCUT2D eigenvalue weighted by Gasteiger charge is -2.10. The number of nitrogens with two attached hydrogens (primary N) is 1. The van der Waals surface area contributed by atoms with Gasteiger partial charge in [0.05, 0.1) is 5.69 Å². The molecule has 0 saturated carbocycles. The first-order valence-electron chi connectivity index (χ1n) is 5.78. The van der Waals surface area contributed by atoms with Gasteiger partial charge < -0.3 is 15.6 Å². The maximum atomic E-state index is 9.00. The van der Waals surface area contributed by atoms with Gasteiger partial charge >= 0.3 is 0 Å². The van der Waals surface area contributed by atoms with Crippen molar-refractivity contribution >= 4 is 5.69 Å². The molecule has 0 atom stereocenters. The van der Waals surface area contributed by atoms with Gasteiger partial charge in [0.2, 0.25) is 5.88 Å². The summed E-state index contributed by atoms with van der Waals surface area (Å²) in [5.41, 5.74) is 6.93. The summed E-state index contributed by atoms with van der Waals surface area (Å²) in [6.07, 6.45) is 0.496. The minimum absolute atomic E-state index is 0.0407. The molecule has 2 rings (SSSR count). The van der Waals surface area contributed by atoms with Crippen LogP contribution in [0.3, 0.4) is 0 Å². The standard InChI is InChI=1S/C14H13N3O2/c15-9-12-11(16)5-6-14(17-12)19-13-4-2-1-3-10(13)7-8-18/h1-6,18H,7-8,16H2. The van der Waals surface area contributed by atoms with Crippen LogP contribution in [0.2, 0.25) is 0 Å². The number of hydrogen-bond donors (Lipinski definition) is 2. The Balaban J connectivity index is 2.29. The highest BCUT2D eigenvalue weighted by Crippen LogP contribution is 2.25. The van der Waals surface area contributed by atoms with E-state index in [2.05, 4.69) is 4.98 Å². The zero-order chi connectivity index (χ0) is 13.7. The number of hydrogen-bond acceptors (Lipinski definition) is 5. The summed E-state index contributed by atoms with van der Waals surface area (Å²) < 4.78 is 5.63.